The van der Waals surface area contributed by atoms with Crippen LogP contribution < -0.4 is 0 Å². The predicted octanol–water partition coefficient (Wildman–Crippen LogP) is 2.86. The fourth-order valence-electron chi connectivity index (χ4n) is 0.300. The van der Waals surface area contributed by atoms with Gasteiger partial charge < -0.3 is 0 Å². The molecule has 0 heterocycles. The SMILES string of the molecule is O=S(=O)(OCC(F)(F)C(F)(F)F)C(Cl)(Cl)Cl. The van der Waals surface area contributed by atoms with Crippen molar-refractivity contribution < 1.29 is 34.6 Å². The van der Waals surface area contributed by atoms with Gasteiger partial charge in [0, 0.05) is 0 Å². The summed E-state index contributed by atoms with van der Waals surface area (Å²) < 4.78 is 80.7. The van der Waals surface area contributed by atoms with Crippen molar-refractivity contribution in [2.75, 3.05) is 6.61 Å². The highest BCUT2D eigenvalue weighted by atomic mass is 35.6. The van der Waals surface area contributed by atoms with E-state index in [0.29, 0.717) is 0 Å². The summed E-state index contributed by atoms with van der Waals surface area (Å²) in [5.41, 5.74) is 0. The third-order valence-electron chi connectivity index (χ3n) is 1.09. The van der Waals surface area contributed by atoms with E-state index in [-0.39, 0.29) is 0 Å². The molecule has 0 bridgehead atoms. The molecular formula is C4H2Cl3F5O3S. The Kier molecular flexibility index (Phi) is 4.72. The molecule has 98 valence electrons. The van der Waals surface area contributed by atoms with Gasteiger partial charge in [0.25, 0.3) is 0 Å². The maximum absolute atomic E-state index is 12.2. The second-order valence-corrected chi connectivity index (χ2v) is 7.07. The Hall–Kier alpha value is 0.430. The third kappa shape index (κ3) is 4.02. The van der Waals surface area contributed by atoms with Crippen molar-refractivity contribution in [3.8, 4) is 0 Å². The molecule has 0 amide bonds. The number of halogens is 8. The van der Waals surface area contributed by atoms with Gasteiger partial charge in [0.05, 0.1) is 0 Å². The highest BCUT2D eigenvalue weighted by Gasteiger charge is 2.59. The van der Waals surface area contributed by atoms with Gasteiger partial charge in [0.2, 0.25) is 0 Å². The maximum Gasteiger partial charge on any atom is 0.455 e. The maximum atomic E-state index is 12.2. The number of hydrogen-bond acceptors (Lipinski definition) is 3. The van der Waals surface area contributed by atoms with Gasteiger partial charge in [-0.1, -0.05) is 34.8 Å². The Labute approximate surface area is 102 Å². The van der Waals surface area contributed by atoms with Crippen molar-refractivity contribution in [2.24, 2.45) is 0 Å². The summed E-state index contributed by atoms with van der Waals surface area (Å²) >= 11 is 14.3. The van der Waals surface area contributed by atoms with Crippen molar-refractivity contribution in [1.29, 1.82) is 0 Å². The van der Waals surface area contributed by atoms with Gasteiger partial charge in [0.1, 0.15) is 6.61 Å². The first-order valence-electron chi connectivity index (χ1n) is 3.11. The average Bonchev–Trinajstić information content (AvgIpc) is 1.97. The third-order valence-corrected chi connectivity index (χ3v) is 3.79. The highest BCUT2D eigenvalue weighted by Crippen LogP contribution is 2.38. The lowest BCUT2D eigenvalue weighted by molar-refractivity contribution is -0.289. The molecule has 0 saturated heterocycles. The van der Waals surface area contributed by atoms with E-state index in [1.165, 1.54) is 0 Å². The summed E-state index contributed by atoms with van der Waals surface area (Å²) in [6, 6.07) is 0. The van der Waals surface area contributed by atoms with Crippen LogP contribution in [0.15, 0.2) is 0 Å². The van der Waals surface area contributed by atoms with Crippen LogP contribution in [-0.4, -0.2) is 30.2 Å². The molecule has 0 rings (SSSR count). The zero-order chi connectivity index (χ0) is 13.4. The van der Waals surface area contributed by atoms with E-state index >= 15 is 0 Å². The summed E-state index contributed by atoms with van der Waals surface area (Å²) in [4.78, 5) is 0. The van der Waals surface area contributed by atoms with Crippen LogP contribution in [0, 0.1) is 0 Å². The van der Waals surface area contributed by atoms with Gasteiger partial charge in [-0.25, -0.2) is 0 Å². The lowest BCUT2D eigenvalue weighted by Gasteiger charge is -2.20. The van der Waals surface area contributed by atoms with Crippen LogP contribution >= 0.6 is 34.8 Å². The molecule has 3 nitrogen and oxygen atoms in total. The Morgan fingerprint density at radius 1 is 1.00 bits per heavy atom. The van der Waals surface area contributed by atoms with Gasteiger partial charge in [-0.05, 0) is 0 Å². The number of rotatable bonds is 3. The summed E-state index contributed by atoms with van der Waals surface area (Å²) in [6.45, 7) is -2.49. The molecule has 0 unspecified atom stereocenters. The van der Waals surface area contributed by atoms with Crippen molar-refractivity contribution >= 4 is 44.9 Å². The average molecular weight is 331 g/mol. The fraction of sp³-hybridized carbons (Fsp3) is 1.00. The number of hydrogen-bond donors (Lipinski definition) is 0. The zero-order valence-electron chi connectivity index (χ0n) is 6.86. The summed E-state index contributed by atoms with van der Waals surface area (Å²) in [5.74, 6) is -5.37. The van der Waals surface area contributed by atoms with Crippen molar-refractivity contribution in [2.45, 2.75) is 15.2 Å². The molecule has 0 aromatic heterocycles. The first-order chi connectivity index (χ1) is 6.71. The van der Waals surface area contributed by atoms with Gasteiger partial charge in [-0.2, -0.15) is 30.4 Å². The molecule has 0 N–H and O–H groups in total. The quantitative estimate of drug-likeness (QED) is 0.454. The van der Waals surface area contributed by atoms with Gasteiger partial charge in [-0.15, -0.1) is 0 Å². The fourth-order valence-corrected chi connectivity index (χ4v) is 1.14. The van der Waals surface area contributed by atoms with Crippen LogP contribution in [0.4, 0.5) is 22.0 Å². The second kappa shape index (κ2) is 4.60. The lowest BCUT2D eigenvalue weighted by Crippen LogP contribution is -2.42. The minimum Gasteiger partial charge on any atom is -0.260 e. The van der Waals surface area contributed by atoms with E-state index in [2.05, 4.69) is 4.18 Å². The molecule has 16 heavy (non-hydrogen) atoms. The molecule has 12 heteroatoms. The summed E-state index contributed by atoms with van der Waals surface area (Å²) in [5, 5.41) is 0. The molecular weight excluding hydrogens is 329 g/mol. The highest BCUT2D eigenvalue weighted by molar-refractivity contribution is 7.92. The standard InChI is InChI=1S/C4H2Cl3F5O3S/c5-4(6,7)16(13,14)15-1-2(8,9)3(10,11)12/h1H2. The monoisotopic (exact) mass is 330 g/mol. The van der Waals surface area contributed by atoms with E-state index in [1.54, 1.807) is 0 Å². The van der Waals surface area contributed by atoms with Crippen molar-refractivity contribution in [3.63, 3.8) is 0 Å². The van der Waals surface area contributed by atoms with Gasteiger partial charge in [-0.3, -0.25) is 4.18 Å². The van der Waals surface area contributed by atoms with E-state index < -0.39 is 31.9 Å². The van der Waals surface area contributed by atoms with Crippen LogP contribution in [0.1, 0.15) is 0 Å². The van der Waals surface area contributed by atoms with E-state index in [4.69, 9.17) is 34.8 Å². The van der Waals surface area contributed by atoms with Crippen LogP contribution in [0.5, 0.6) is 0 Å². The van der Waals surface area contributed by atoms with Gasteiger partial charge in [0.15, 0.2) is 0 Å². The minimum atomic E-state index is -5.96. The first kappa shape index (κ1) is 16.4. The summed E-state index contributed by atoms with van der Waals surface area (Å²) in [6.07, 6.45) is -5.96. The molecule has 0 aromatic rings. The second-order valence-electron chi connectivity index (χ2n) is 2.36. The molecule has 0 spiro atoms. The van der Waals surface area contributed by atoms with E-state index in [0.717, 1.165) is 0 Å². The van der Waals surface area contributed by atoms with Crippen LogP contribution in [-0.2, 0) is 14.3 Å². The topological polar surface area (TPSA) is 43.4 Å². The van der Waals surface area contributed by atoms with Crippen LogP contribution in [0.2, 0.25) is 0 Å². The molecule has 0 aliphatic heterocycles. The Bertz CT molecular complexity index is 345. The normalized spacial score (nSPS) is 15.2. The van der Waals surface area contributed by atoms with Crippen molar-refractivity contribution in [3.05, 3.63) is 0 Å². The van der Waals surface area contributed by atoms with E-state index in [9.17, 15) is 30.4 Å². The molecule has 0 aromatic carbocycles. The Morgan fingerprint density at radius 2 is 1.38 bits per heavy atom. The zero-order valence-corrected chi connectivity index (χ0v) is 9.95. The molecule has 0 saturated carbocycles. The molecule has 0 atom stereocenters. The molecule has 0 aliphatic rings. The van der Waals surface area contributed by atoms with Crippen molar-refractivity contribution in [1.82, 2.24) is 0 Å². The van der Waals surface area contributed by atoms with Crippen LogP contribution in [0.25, 0.3) is 0 Å². The molecule has 0 aliphatic carbocycles. The Balaban J connectivity index is 4.73. The first-order valence-corrected chi connectivity index (χ1v) is 5.65. The molecule has 0 radical (unpaired) electrons. The Morgan fingerprint density at radius 3 is 1.62 bits per heavy atom. The largest absolute Gasteiger partial charge is 0.455 e. The number of alkyl halides is 8. The van der Waals surface area contributed by atoms with Crippen LogP contribution in [0.3, 0.4) is 0 Å². The predicted molar refractivity (Wildman–Crippen MR) is 46.2 cm³/mol. The smallest absolute Gasteiger partial charge is 0.260 e. The summed E-state index contributed by atoms with van der Waals surface area (Å²) in [7, 11) is -5.17. The minimum absolute atomic E-state index is 2.49. The van der Waals surface area contributed by atoms with Gasteiger partial charge >= 0.3 is 25.3 Å². The molecule has 0 fully saturated rings. The van der Waals surface area contributed by atoms with E-state index in [1.807, 2.05) is 0 Å². The lowest BCUT2D eigenvalue weighted by atomic mass is 10.3.